The number of fused-ring (bicyclic) bond motifs is 2. The zero-order valence-corrected chi connectivity index (χ0v) is 8.66. The Balaban J connectivity index is 1.91. The van der Waals surface area contributed by atoms with E-state index in [1.165, 1.54) is 12.8 Å². The summed E-state index contributed by atoms with van der Waals surface area (Å²) in [6, 6.07) is 1.12. The van der Waals surface area contributed by atoms with Crippen LogP contribution in [0.4, 0.5) is 4.79 Å². The van der Waals surface area contributed by atoms with Crippen LogP contribution in [0.1, 0.15) is 26.2 Å². The van der Waals surface area contributed by atoms with Crippen molar-refractivity contribution in [1.29, 1.82) is 0 Å². The lowest BCUT2D eigenvalue weighted by molar-refractivity contribution is 0.105. The molecule has 14 heavy (non-hydrogen) atoms. The summed E-state index contributed by atoms with van der Waals surface area (Å²) < 4.78 is 5.00. The van der Waals surface area contributed by atoms with Crippen LogP contribution in [0, 0.1) is 0 Å². The average molecular weight is 198 g/mol. The van der Waals surface area contributed by atoms with Crippen molar-refractivity contribution in [2.75, 3.05) is 19.7 Å². The fourth-order valence-electron chi connectivity index (χ4n) is 2.32. The predicted molar refractivity (Wildman–Crippen MR) is 53.2 cm³/mol. The second kappa shape index (κ2) is 4.17. The summed E-state index contributed by atoms with van der Waals surface area (Å²) in [5, 5.41) is 3.53. The molecule has 2 heterocycles. The van der Waals surface area contributed by atoms with Gasteiger partial charge in [-0.15, -0.1) is 0 Å². The zero-order chi connectivity index (χ0) is 9.97. The molecule has 4 heteroatoms. The molecule has 0 aliphatic carbocycles. The van der Waals surface area contributed by atoms with Crippen molar-refractivity contribution in [3.8, 4) is 0 Å². The molecular weight excluding hydrogens is 180 g/mol. The van der Waals surface area contributed by atoms with Crippen molar-refractivity contribution < 1.29 is 9.53 Å². The lowest BCUT2D eigenvalue weighted by atomic mass is 10.1. The van der Waals surface area contributed by atoms with Gasteiger partial charge in [0.05, 0.1) is 6.61 Å². The fraction of sp³-hybridized carbons (Fsp3) is 0.900. The van der Waals surface area contributed by atoms with Gasteiger partial charge >= 0.3 is 6.09 Å². The number of ether oxygens (including phenoxy) is 1. The van der Waals surface area contributed by atoms with E-state index in [1.54, 1.807) is 0 Å². The molecule has 0 radical (unpaired) electrons. The van der Waals surface area contributed by atoms with Crippen LogP contribution in [0.3, 0.4) is 0 Å². The fourth-order valence-corrected chi connectivity index (χ4v) is 2.32. The molecule has 80 valence electrons. The molecule has 0 spiro atoms. The second-order valence-electron chi connectivity index (χ2n) is 4.07. The third kappa shape index (κ3) is 2.00. The normalized spacial score (nSPS) is 31.4. The first kappa shape index (κ1) is 9.77. The molecule has 0 aromatic carbocycles. The van der Waals surface area contributed by atoms with Crippen molar-refractivity contribution in [2.45, 2.75) is 38.3 Å². The monoisotopic (exact) mass is 198 g/mol. The van der Waals surface area contributed by atoms with Crippen LogP contribution >= 0.6 is 0 Å². The molecule has 0 aromatic rings. The van der Waals surface area contributed by atoms with Crippen molar-refractivity contribution in [1.82, 2.24) is 10.2 Å². The lowest BCUT2D eigenvalue weighted by Crippen LogP contribution is -2.39. The largest absolute Gasteiger partial charge is 0.450 e. The third-order valence-electron chi connectivity index (χ3n) is 3.05. The van der Waals surface area contributed by atoms with E-state index < -0.39 is 0 Å². The van der Waals surface area contributed by atoms with E-state index >= 15 is 0 Å². The Bertz CT molecular complexity index is 220. The number of nitrogens with zero attached hydrogens (tertiary/aromatic N) is 1. The predicted octanol–water partition coefficient (Wildman–Crippen LogP) is 0.969. The molecule has 0 saturated carbocycles. The van der Waals surface area contributed by atoms with Crippen molar-refractivity contribution in [3.05, 3.63) is 0 Å². The summed E-state index contributed by atoms with van der Waals surface area (Å²) in [4.78, 5) is 13.3. The van der Waals surface area contributed by atoms with Gasteiger partial charge in [-0.1, -0.05) is 0 Å². The Kier molecular flexibility index (Phi) is 2.91. The molecule has 2 atom stereocenters. The van der Waals surface area contributed by atoms with Gasteiger partial charge in [-0.05, 0) is 26.2 Å². The Morgan fingerprint density at radius 2 is 2.21 bits per heavy atom. The molecule has 2 bridgehead atoms. The van der Waals surface area contributed by atoms with Gasteiger partial charge in [-0.2, -0.15) is 0 Å². The Hall–Kier alpha value is -0.770. The molecule has 2 unspecified atom stereocenters. The topological polar surface area (TPSA) is 41.6 Å². The van der Waals surface area contributed by atoms with Crippen LogP contribution in [-0.4, -0.2) is 42.8 Å². The first-order chi connectivity index (χ1) is 6.79. The standard InChI is InChI=1S/C10H18N2O2/c1-2-14-10(13)12-6-5-8-3-4-9(7-12)11-8/h8-9,11H,2-7H2,1H3. The molecule has 2 rings (SSSR count). The quantitative estimate of drug-likeness (QED) is 0.682. The average Bonchev–Trinajstić information content (AvgIpc) is 2.46. The van der Waals surface area contributed by atoms with Gasteiger partial charge in [-0.25, -0.2) is 4.79 Å². The van der Waals surface area contributed by atoms with E-state index in [9.17, 15) is 4.79 Å². The molecular formula is C10H18N2O2. The molecule has 1 N–H and O–H groups in total. The van der Waals surface area contributed by atoms with Crippen LogP contribution in [0.15, 0.2) is 0 Å². The molecule has 1 amide bonds. The molecule has 2 aliphatic heterocycles. The van der Waals surface area contributed by atoms with Crippen LogP contribution in [-0.2, 0) is 4.74 Å². The minimum atomic E-state index is -0.151. The Labute approximate surface area is 84.6 Å². The minimum absolute atomic E-state index is 0.151. The van der Waals surface area contributed by atoms with Gasteiger partial charge in [0, 0.05) is 25.2 Å². The zero-order valence-electron chi connectivity index (χ0n) is 8.66. The van der Waals surface area contributed by atoms with Crippen LogP contribution < -0.4 is 5.32 Å². The maximum absolute atomic E-state index is 11.5. The molecule has 2 saturated heterocycles. The molecule has 4 nitrogen and oxygen atoms in total. The smallest absolute Gasteiger partial charge is 0.409 e. The number of rotatable bonds is 1. The maximum atomic E-state index is 11.5. The first-order valence-electron chi connectivity index (χ1n) is 5.47. The number of hydrogen-bond acceptors (Lipinski definition) is 3. The molecule has 0 aromatic heterocycles. The number of hydrogen-bond donors (Lipinski definition) is 1. The van der Waals surface area contributed by atoms with E-state index in [0.717, 1.165) is 19.5 Å². The van der Waals surface area contributed by atoms with Crippen molar-refractivity contribution >= 4 is 6.09 Å². The first-order valence-corrected chi connectivity index (χ1v) is 5.47. The number of carbonyl (C=O) groups excluding carboxylic acids is 1. The summed E-state index contributed by atoms with van der Waals surface area (Å²) in [6.45, 7) is 3.97. The maximum Gasteiger partial charge on any atom is 0.409 e. The molecule has 2 fully saturated rings. The van der Waals surface area contributed by atoms with Gasteiger partial charge in [0.2, 0.25) is 0 Å². The lowest BCUT2D eigenvalue weighted by Gasteiger charge is -2.23. The van der Waals surface area contributed by atoms with Crippen molar-refractivity contribution in [2.24, 2.45) is 0 Å². The highest BCUT2D eigenvalue weighted by Crippen LogP contribution is 2.20. The Morgan fingerprint density at radius 3 is 3.00 bits per heavy atom. The van der Waals surface area contributed by atoms with Gasteiger partial charge in [0.1, 0.15) is 0 Å². The summed E-state index contributed by atoms with van der Waals surface area (Å²) in [5.41, 5.74) is 0. The van der Waals surface area contributed by atoms with Crippen molar-refractivity contribution in [3.63, 3.8) is 0 Å². The van der Waals surface area contributed by atoms with Crippen LogP contribution in [0.2, 0.25) is 0 Å². The highest BCUT2D eigenvalue weighted by atomic mass is 16.6. The van der Waals surface area contributed by atoms with Crippen LogP contribution in [0.5, 0.6) is 0 Å². The van der Waals surface area contributed by atoms with E-state index in [-0.39, 0.29) is 6.09 Å². The number of nitrogens with one attached hydrogen (secondary N) is 1. The summed E-state index contributed by atoms with van der Waals surface area (Å²) in [7, 11) is 0. The second-order valence-corrected chi connectivity index (χ2v) is 4.07. The third-order valence-corrected chi connectivity index (χ3v) is 3.05. The van der Waals surface area contributed by atoms with E-state index in [4.69, 9.17) is 4.74 Å². The van der Waals surface area contributed by atoms with Gasteiger partial charge in [-0.3, -0.25) is 0 Å². The number of likely N-dealkylation sites (tertiary alicyclic amines) is 1. The van der Waals surface area contributed by atoms with Gasteiger partial charge < -0.3 is 15.0 Å². The van der Waals surface area contributed by atoms with Gasteiger partial charge in [0.15, 0.2) is 0 Å². The summed E-state index contributed by atoms with van der Waals surface area (Å²) in [5.74, 6) is 0. The highest BCUT2D eigenvalue weighted by molar-refractivity contribution is 5.67. The number of amides is 1. The minimum Gasteiger partial charge on any atom is -0.450 e. The Morgan fingerprint density at radius 1 is 1.43 bits per heavy atom. The summed E-state index contributed by atoms with van der Waals surface area (Å²) in [6.07, 6.45) is 3.37. The van der Waals surface area contributed by atoms with E-state index in [1.807, 2.05) is 11.8 Å². The van der Waals surface area contributed by atoms with E-state index in [2.05, 4.69) is 5.32 Å². The SMILES string of the molecule is CCOC(=O)N1CCC2CCC(C1)N2. The van der Waals surface area contributed by atoms with Crippen LogP contribution in [0.25, 0.3) is 0 Å². The summed E-state index contributed by atoms with van der Waals surface area (Å²) >= 11 is 0. The van der Waals surface area contributed by atoms with Gasteiger partial charge in [0.25, 0.3) is 0 Å². The highest BCUT2D eigenvalue weighted by Gasteiger charge is 2.31. The van der Waals surface area contributed by atoms with E-state index in [0.29, 0.717) is 18.7 Å². The molecule has 2 aliphatic rings. The number of carbonyl (C=O) groups is 1.